The van der Waals surface area contributed by atoms with Gasteiger partial charge in [-0.15, -0.1) is 11.3 Å². The van der Waals surface area contributed by atoms with E-state index >= 15 is 0 Å². The third-order valence-electron chi connectivity index (χ3n) is 4.13. The van der Waals surface area contributed by atoms with Crippen molar-refractivity contribution in [2.24, 2.45) is 10.7 Å². The van der Waals surface area contributed by atoms with Crippen molar-refractivity contribution in [2.75, 3.05) is 5.75 Å². The van der Waals surface area contributed by atoms with Crippen LogP contribution in [0.5, 0.6) is 0 Å². The van der Waals surface area contributed by atoms with E-state index in [1.165, 1.54) is 29.7 Å². The molecule has 19 heavy (non-hydrogen) atoms. The van der Waals surface area contributed by atoms with Gasteiger partial charge in [-0.2, -0.15) is 0 Å². The van der Waals surface area contributed by atoms with Crippen LogP contribution in [0, 0.1) is 0 Å². The van der Waals surface area contributed by atoms with Gasteiger partial charge < -0.3 is 5.73 Å². The molecular weight excluding hydrogens is 272 g/mol. The summed E-state index contributed by atoms with van der Waals surface area (Å²) in [5.74, 6) is 1.11. The van der Waals surface area contributed by atoms with Crippen LogP contribution in [0.1, 0.15) is 55.4 Å². The molecule has 2 aliphatic rings. The van der Waals surface area contributed by atoms with Gasteiger partial charge in [-0.1, -0.05) is 32.5 Å². The van der Waals surface area contributed by atoms with Crippen molar-refractivity contribution < 1.29 is 0 Å². The average molecular weight is 294 g/mol. The van der Waals surface area contributed by atoms with Gasteiger partial charge in [-0.3, -0.25) is 4.99 Å². The predicted molar refractivity (Wildman–Crippen MR) is 86.3 cm³/mol. The lowest BCUT2D eigenvalue weighted by Crippen LogP contribution is -2.34. The second kappa shape index (κ2) is 4.52. The summed E-state index contributed by atoms with van der Waals surface area (Å²) in [5.41, 5.74) is 7.73. The molecule has 2 heterocycles. The van der Waals surface area contributed by atoms with Crippen molar-refractivity contribution in [2.45, 2.75) is 57.4 Å². The number of nitrogens with two attached hydrogens (primary N) is 1. The second-order valence-electron chi connectivity index (χ2n) is 6.63. The molecule has 0 unspecified atom stereocenters. The number of aliphatic imine (C=N–C) groups is 1. The van der Waals surface area contributed by atoms with Crippen LogP contribution < -0.4 is 5.73 Å². The number of nitrogens with zero attached hydrogens (tertiary/aromatic N) is 1. The summed E-state index contributed by atoms with van der Waals surface area (Å²) in [6.07, 6.45) is 4.78. The van der Waals surface area contributed by atoms with E-state index in [1.54, 1.807) is 16.6 Å². The Bertz CT molecular complexity index is 525. The van der Waals surface area contributed by atoms with Gasteiger partial charge in [0.1, 0.15) is 0 Å². The highest BCUT2D eigenvalue weighted by Gasteiger charge is 2.40. The maximum absolute atomic E-state index is 6.01. The lowest BCUT2D eigenvalue weighted by Gasteiger charge is -2.36. The Kier molecular flexibility index (Phi) is 3.21. The van der Waals surface area contributed by atoms with Gasteiger partial charge in [0, 0.05) is 15.5 Å². The first-order chi connectivity index (χ1) is 8.91. The average Bonchev–Trinajstić information content (AvgIpc) is 2.74. The Morgan fingerprint density at radius 3 is 2.79 bits per heavy atom. The Balaban J connectivity index is 2.10. The highest BCUT2D eigenvalue weighted by Crippen LogP contribution is 2.48. The molecule has 104 valence electrons. The summed E-state index contributed by atoms with van der Waals surface area (Å²) in [4.78, 5) is 7.92. The highest BCUT2D eigenvalue weighted by molar-refractivity contribution is 8.13. The Hall–Kier alpha value is -0.480. The van der Waals surface area contributed by atoms with Gasteiger partial charge in [0.25, 0.3) is 0 Å². The van der Waals surface area contributed by atoms with Gasteiger partial charge in [0.05, 0.1) is 5.54 Å². The molecule has 0 fully saturated rings. The van der Waals surface area contributed by atoms with E-state index in [4.69, 9.17) is 10.7 Å². The van der Waals surface area contributed by atoms with E-state index in [9.17, 15) is 0 Å². The van der Waals surface area contributed by atoms with Gasteiger partial charge in [0.15, 0.2) is 5.17 Å². The molecule has 2 nitrogen and oxygen atoms in total. The summed E-state index contributed by atoms with van der Waals surface area (Å²) in [6.45, 7) is 6.89. The molecule has 0 saturated carbocycles. The Morgan fingerprint density at radius 2 is 2.11 bits per heavy atom. The maximum atomic E-state index is 6.01. The zero-order valence-corrected chi connectivity index (χ0v) is 13.6. The third-order valence-corrected chi connectivity index (χ3v) is 6.55. The lowest BCUT2D eigenvalue weighted by molar-refractivity contribution is 0.367. The molecule has 0 radical (unpaired) electrons. The number of aryl methyl sites for hydroxylation is 1. The monoisotopic (exact) mass is 294 g/mol. The molecule has 1 atom stereocenters. The van der Waals surface area contributed by atoms with Crippen LogP contribution in [0.15, 0.2) is 11.1 Å². The van der Waals surface area contributed by atoms with Crippen LogP contribution in [0.4, 0.5) is 0 Å². The molecular formula is C15H22N2S2. The minimum atomic E-state index is 0.00289. The van der Waals surface area contributed by atoms with Crippen LogP contribution in [0.2, 0.25) is 0 Å². The standard InChI is InChI=1S/C15H22N2S2/c1-14(2,3)12-9-10-11(19-12)5-4-6-15(10)7-8-18-13(16)17-15/h9H,4-8H2,1-3H3,(H2,16,17)/t15-/m0/s1. The van der Waals surface area contributed by atoms with Crippen LogP contribution >= 0.6 is 23.1 Å². The summed E-state index contributed by atoms with van der Waals surface area (Å²) in [5, 5.41) is 0.780. The second-order valence-corrected chi connectivity index (χ2v) is 8.88. The number of thiophene rings is 1. The molecule has 0 amide bonds. The van der Waals surface area contributed by atoms with Gasteiger partial charge in [-0.05, 0) is 42.7 Å². The first-order valence-electron chi connectivity index (χ1n) is 7.02. The topological polar surface area (TPSA) is 38.4 Å². The maximum Gasteiger partial charge on any atom is 0.154 e. The number of hydrogen-bond donors (Lipinski definition) is 1. The Labute approximate surface area is 123 Å². The largest absolute Gasteiger partial charge is 0.379 e. The predicted octanol–water partition coefficient (Wildman–Crippen LogP) is 4.03. The van der Waals surface area contributed by atoms with E-state index < -0.39 is 0 Å². The van der Waals surface area contributed by atoms with Crippen molar-refractivity contribution in [1.29, 1.82) is 0 Å². The summed E-state index contributed by atoms with van der Waals surface area (Å²) < 4.78 is 0. The van der Waals surface area contributed by atoms with Crippen molar-refractivity contribution in [3.05, 3.63) is 21.4 Å². The molecule has 4 heteroatoms. The number of rotatable bonds is 0. The molecule has 1 aromatic heterocycles. The van der Waals surface area contributed by atoms with Crippen LogP contribution in [0.25, 0.3) is 0 Å². The molecule has 1 spiro atoms. The molecule has 1 aliphatic heterocycles. The fraction of sp³-hybridized carbons (Fsp3) is 0.667. The number of fused-ring (bicyclic) bond motifs is 2. The fourth-order valence-corrected chi connectivity index (χ4v) is 5.30. The molecule has 0 aromatic carbocycles. The normalized spacial score (nSPS) is 27.2. The molecule has 3 rings (SSSR count). The Morgan fingerprint density at radius 1 is 1.32 bits per heavy atom. The summed E-state index contributed by atoms with van der Waals surface area (Å²) >= 11 is 3.70. The van der Waals surface area contributed by atoms with E-state index in [-0.39, 0.29) is 11.0 Å². The lowest BCUT2D eigenvalue weighted by atomic mass is 9.78. The van der Waals surface area contributed by atoms with Crippen molar-refractivity contribution >= 4 is 28.3 Å². The first kappa shape index (κ1) is 13.5. The fourth-order valence-electron chi connectivity index (χ4n) is 3.05. The van der Waals surface area contributed by atoms with Gasteiger partial charge in [-0.25, -0.2) is 0 Å². The minimum absolute atomic E-state index is 0.00289. The number of thioether (sulfide) groups is 1. The minimum Gasteiger partial charge on any atom is -0.379 e. The van der Waals surface area contributed by atoms with Crippen molar-refractivity contribution in [3.63, 3.8) is 0 Å². The third kappa shape index (κ3) is 2.33. The van der Waals surface area contributed by atoms with E-state index in [0.29, 0.717) is 0 Å². The quantitative estimate of drug-likeness (QED) is 0.784. The van der Waals surface area contributed by atoms with Gasteiger partial charge in [0.2, 0.25) is 0 Å². The van der Waals surface area contributed by atoms with Crippen molar-refractivity contribution in [1.82, 2.24) is 0 Å². The SMILES string of the molecule is CC(C)(C)c1cc2c(s1)CCC[C@]21CCSC(N)=N1. The zero-order chi connectivity index (χ0) is 13.7. The smallest absolute Gasteiger partial charge is 0.154 e. The molecule has 2 N–H and O–H groups in total. The van der Waals surface area contributed by atoms with Crippen LogP contribution in [-0.2, 0) is 17.4 Å². The molecule has 1 aliphatic carbocycles. The van der Waals surface area contributed by atoms with Crippen LogP contribution in [0.3, 0.4) is 0 Å². The summed E-state index contributed by atoms with van der Waals surface area (Å²) in [6, 6.07) is 2.42. The highest BCUT2D eigenvalue weighted by atomic mass is 32.2. The number of amidine groups is 1. The van der Waals surface area contributed by atoms with Gasteiger partial charge >= 0.3 is 0 Å². The number of hydrogen-bond acceptors (Lipinski definition) is 4. The molecule has 0 bridgehead atoms. The van der Waals surface area contributed by atoms with Crippen LogP contribution in [-0.4, -0.2) is 10.9 Å². The first-order valence-corrected chi connectivity index (χ1v) is 8.83. The van der Waals surface area contributed by atoms with E-state index in [0.717, 1.165) is 17.3 Å². The van der Waals surface area contributed by atoms with E-state index in [2.05, 4.69) is 26.8 Å². The molecule has 1 aromatic rings. The van der Waals surface area contributed by atoms with E-state index in [1.807, 2.05) is 11.3 Å². The molecule has 0 saturated heterocycles. The summed E-state index contributed by atoms with van der Waals surface area (Å²) in [7, 11) is 0. The van der Waals surface area contributed by atoms with Crippen molar-refractivity contribution in [3.8, 4) is 0 Å². The zero-order valence-electron chi connectivity index (χ0n) is 12.0.